The van der Waals surface area contributed by atoms with Gasteiger partial charge in [0.2, 0.25) is 0 Å². The summed E-state index contributed by atoms with van der Waals surface area (Å²) in [5.74, 6) is 0. The molecule has 1 nitrogen and oxygen atoms in total. The summed E-state index contributed by atoms with van der Waals surface area (Å²) in [6, 6.07) is 0. The van der Waals surface area contributed by atoms with Crippen LogP contribution in [0.3, 0.4) is 0 Å². The summed E-state index contributed by atoms with van der Waals surface area (Å²) in [5, 5.41) is 0. The van der Waals surface area contributed by atoms with Crippen molar-refractivity contribution < 1.29 is 16.9 Å². The van der Waals surface area contributed by atoms with Crippen molar-refractivity contribution in [3.8, 4) is 0 Å². The first kappa shape index (κ1) is 50.4. The summed E-state index contributed by atoms with van der Waals surface area (Å²) in [4.78, 5) is 0. The molecule has 0 fully saturated rings. The molecule has 0 heterocycles. The molecule has 0 aromatic rings. The van der Waals surface area contributed by atoms with E-state index >= 15 is 0 Å². The fourth-order valence-corrected chi connectivity index (χ4v) is 6.29. The minimum Gasteiger partial charge on any atom is -1.00 e. The number of quaternary nitrogens is 1. The third-order valence-electron chi connectivity index (χ3n) is 9.23. The molecule has 0 unspecified atom stereocenters. The van der Waals surface area contributed by atoms with Gasteiger partial charge in [-0.3, -0.25) is 0 Å². The summed E-state index contributed by atoms with van der Waals surface area (Å²) < 4.78 is 1.25. The Morgan fingerprint density at radius 2 is 0.429 bits per heavy atom. The Hall–Kier alpha value is 1.55. The molecule has 0 bridgehead atoms. The number of nitrogens with zero attached hydrogens (tertiary/aromatic N) is 1. The number of hydrogen-bond donors (Lipinski definition) is 0. The highest BCUT2D eigenvalue weighted by Crippen LogP contribution is 2.16. The fraction of sp³-hybridized carbons (Fsp3) is 1.00. The first-order valence-electron chi connectivity index (χ1n) is 18.9. The second-order valence-electron chi connectivity index (χ2n) is 14.0. The van der Waals surface area contributed by atoms with Gasteiger partial charge in [0.05, 0.1) is 27.2 Å². The lowest BCUT2D eigenvalue weighted by molar-refractivity contribution is -0.890. The largest absolute Gasteiger partial charge is 1.00 e. The van der Waals surface area contributed by atoms with Crippen molar-refractivity contribution in [3.05, 3.63) is 0 Å². The van der Waals surface area contributed by atoms with Gasteiger partial charge in [-0.2, -0.15) is 0 Å². The Morgan fingerprint density at radius 3 is 0.595 bits per heavy atom. The molecule has 0 aliphatic rings. The highest BCUT2D eigenvalue weighted by molar-refractivity contribution is 5.76. The van der Waals surface area contributed by atoms with Gasteiger partial charge in [0.25, 0.3) is 0 Å². The van der Waals surface area contributed by atoms with Crippen LogP contribution in [0.1, 0.15) is 219 Å². The average Bonchev–Trinajstić information content (AvgIpc) is 2.92. The minimum absolute atomic E-state index is 0. The van der Waals surface area contributed by atoms with Crippen LogP contribution in [0.4, 0.5) is 0 Å². The molecule has 0 rings (SSSR count). The molecule has 0 spiro atoms. The van der Waals surface area contributed by atoms with Crippen LogP contribution in [-0.2, 0) is 0 Å². The van der Waals surface area contributed by atoms with E-state index in [9.17, 15) is 0 Å². The van der Waals surface area contributed by atoms with Crippen LogP contribution >= 0.6 is 0 Å². The van der Waals surface area contributed by atoms with Crippen LogP contribution in [0, 0.1) is 0 Å². The molecule has 0 saturated carbocycles. The van der Waals surface area contributed by atoms with E-state index in [-0.39, 0.29) is 52.8 Å². The molecule has 0 aromatic heterocycles. The van der Waals surface area contributed by atoms with Gasteiger partial charge < -0.3 is 16.9 Å². The molecule has 0 saturated heterocycles. The van der Waals surface area contributed by atoms with E-state index < -0.39 is 0 Å². The van der Waals surface area contributed by atoms with E-state index in [1.165, 1.54) is 223 Å². The molecule has 0 amide bonds. The SMILES string of the molecule is CCCCCCCCCCCCCCCCCC[N+](C)(C)CCCCCCCCCCCCCCCCCC.[Al].[Cl-].[Mg]. The Morgan fingerprint density at radius 1 is 0.286 bits per heavy atom. The van der Waals surface area contributed by atoms with E-state index in [0.717, 1.165) is 0 Å². The van der Waals surface area contributed by atoms with E-state index in [4.69, 9.17) is 0 Å². The van der Waals surface area contributed by atoms with Crippen molar-refractivity contribution in [3.63, 3.8) is 0 Å². The maximum atomic E-state index is 2.47. The van der Waals surface area contributed by atoms with Gasteiger partial charge in [-0.1, -0.05) is 194 Å². The number of halogens is 1. The van der Waals surface area contributed by atoms with Crippen LogP contribution in [0.5, 0.6) is 0 Å². The van der Waals surface area contributed by atoms with Gasteiger partial charge in [-0.05, 0) is 25.7 Å². The Kier molecular flexibility index (Phi) is 51.1. The smallest absolute Gasteiger partial charge is 0.0782 e. The van der Waals surface area contributed by atoms with Crippen molar-refractivity contribution in [1.29, 1.82) is 0 Å². The van der Waals surface area contributed by atoms with Crippen LogP contribution < -0.4 is 12.4 Å². The standard InChI is InChI=1S/C38H80N.Al.ClH.Mg/c1-5-7-9-11-13-15-17-19-21-23-25-27-29-31-33-35-37-39(3,4)38-36-34-32-30-28-26-24-22-20-18-16-14-12-10-8-6-2;;;/h5-38H2,1-4H3;;1H;/q+1;;;/p-1. The number of unbranched alkanes of at least 4 members (excludes halogenated alkanes) is 30. The molecule has 5 radical (unpaired) electrons. The maximum absolute atomic E-state index is 2.47. The van der Waals surface area contributed by atoms with Gasteiger partial charge in [0, 0.05) is 40.4 Å². The van der Waals surface area contributed by atoms with E-state index in [0.29, 0.717) is 0 Å². The normalized spacial score (nSPS) is 11.1. The number of rotatable bonds is 34. The lowest BCUT2D eigenvalue weighted by Crippen LogP contribution is -3.00. The monoisotopic (exact) mass is 637 g/mol. The molecule has 0 N–H and O–H groups in total. The molecule has 4 heteroatoms. The summed E-state index contributed by atoms with van der Waals surface area (Å²) in [5.41, 5.74) is 0. The summed E-state index contributed by atoms with van der Waals surface area (Å²) >= 11 is 0. The van der Waals surface area contributed by atoms with Crippen LogP contribution in [-0.4, -0.2) is 72.1 Å². The lowest BCUT2D eigenvalue weighted by atomic mass is 10.0. The zero-order valence-corrected chi connectivity index (χ0v) is 33.5. The van der Waals surface area contributed by atoms with Gasteiger partial charge in [-0.25, -0.2) is 0 Å². The topological polar surface area (TPSA) is 0 Å². The molecule has 0 aromatic carbocycles. The predicted octanol–water partition coefficient (Wildman–Crippen LogP) is 9.83. The Bertz CT molecular complexity index is 411. The highest BCUT2D eigenvalue weighted by atomic mass is 35.5. The van der Waals surface area contributed by atoms with E-state index in [2.05, 4.69) is 27.9 Å². The van der Waals surface area contributed by atoms with Crippen molar-refractivity contribution in [1.82, 2.24) is 0 Å². The van der Waals surface area contributed by atoms with Crippen molar-refractivity contribution in [2.24, 2.45) is 0 Å². The van der Waals surface area contributed by atoms with Crippen molar-refractivity contribution in [2.75, 3.05) is 27.2 Å². The molecule has 0 aliphatic heterocycles. The zero-order chi connectivity index (χ0) is 28.5. The quantitative estimate of drug-likeness (QED) is 0.0374. The molecular weight excluding hydrogens is 557 g/mol. The lowest BCUT2D eigenvalue weighted by Gasteiger charge is -2.30. The van der Waals surface area contributed by atoms with Crippen LogP contribution in [0.15, 0.2) is 0 Å². The average molecular weight is 638 g/mol. The highest BCUT2D eigenvalue weighted by Gasteiger charge is 2.13. The summed E-state index contributed by atoms with van der Waals surface area (Å²) in [6.07, 6.45) is 46.9. The van der Waals surface area contributed by atoms with Crippen LogP contribution in [0.2, 0.25) is 0 Å². The molecular formula is C38H80AlClMgN. The molecule has 0 aliphatic carbocycles. The molecule has 42 heavy (non-hydrogen) atoms. The van der Waals surface area contributed by atoms with E-state index in [1.54, 1.807) is 0 Å². The van der Waals surface area contributed by atoms with E-state index in [1.807, 2.05) is 0 Å². The first-order chi connectivity index (χ1) is 19.1. The Labute approximate surface area is 302 Å². The first-order valence-corrected chi connectivity index (χ1v) is 18.9. The predicted molar refractivity (Wildman–Crippen MR) is 192 cm³/mol. The second kappa shape index (κ2) is 42.5. The zero-order valence-electron chi connectivity index (χ0n) is 30.2. The minimum atomic E-state index is 0. The van der Waals surface area contributed by atoms with Gasteiger partial charge in [0.1, 0.15) is 0 Å². The van der Waals surface area contributed by atoms with Crippen molar-refractivity contribution in [2.45, 2.75) is 219 Å². The van der Waals surface area contributed by atoms with Crippen molar-refractivity contribution >= 4 is 40.4 Å². The summed E-state index contributed by atoms with van der Waals surface area (Å²) in [6.45, 7) is 7.39. The second-order valence-corrected chi connectivity index (χ2v) is 14.0. The van der Waals surface area contributed by atoms with Crippen LogP contribution in [0.25, 0.3) is 0 Å². The van der Waals surface area contributed by atoms with Gasteiger partial charge in [0.15, 0.2) is 0 Å². The third kappa shape index (κ3) is 43.7. The fourth-order valence-electron chi connectivity index (χ4n) is 6.29. The molecule has 0 atom stereocenters. The maximum Gasteiger partial charge on any atom is 0.0782 e. The van der Waals surface area contributed by atoms with Gasteiger partial charge >= 0.3 is 0 Å². The summed E-state index contributed by atoms with van der Waals surface area (Å²) in [7, 11) is 4.94. The Balaban J connectivity index is -0.00000241. The molecule has 249 valence electrons. The number of hydrogen-bond acceptors (Lipinski definition) is 0. The van der Waals surface area contributed by atoms with Gasteiger partial charge in [-0.15, -0.1) is 0 Å². The third-order valence-corrected chi connectivity index (χ3v) is 9.23.